The van der Waals surface area contributed by atoms with E-state index in [0.717, 1.165) is 43.3 Å². The highest BCUT2D eigenvalue weighted by atomic mass is 16.5. The average molecular weight is 320 g/mol. The molecule has 3 heterocycles. The van der Waals surface area contributed by atoms with E-state index in [4.69, 9.17) is 4.74 Å². The lowest BCUT2D eigenvalue weighted by molar-refractivity contribution is 0.208. The van der Waals surface area contributed by atoms with Gasteiger partial charge in [-0.2, -0.15) is 0 Å². The fourth-order valence-corrected chi connectivity index (χ4v) is 2.99. The van der Waals surface area contributed by atoms with Crippen LogP contribution in [0.25, 0.3) is 0 Å². The third kappa shape index (κ3) is 3.46. The van der Waals surface area contributed by atoms with Crippen molar-refractivity contribution >= 4 is 0 Å². The number of fused-ring (bicyclic) bond motifs is 1. The Kier molecular flexibility index (Phi) is 4.25. The normalized spacial score (nSPS) is 14.3. The van der Waals surface area contributed by atoms with Gasteiger partial charge >= 0.3 is 0 Å². The molecule has 4 rings (SSSR count). The Hall–Kier alpha value is -2.66. The standard InChI is InChI=1S/C19H20N4O/c1-2-4-16(5-3-1)15-24-18-10-17(11-20-12-18)13-22-8-9-23-7-6-21-19(23)14-22/h1-7,10-12H,8-9,13-15H2. The minimum absolute atomic E-state index is 0.563. The summed E-state index contributed by atoms with van der Waals surface area (Å²) in [6.07, 6.45) is 7.61. The molecule has 1 aromatic carbocycles. The number of hydrogen-bond acceptors (Lipinski definition) is 4. The Bertz CT molecular complexity index is 800. The van der Waals surface area contributed by atoms with Crippen LogP contribution in [0.5, 0.6) is 5.75 Å². The lowest BCUT2D eigenvalue weighted by Gasteiger charge is -2.27. The van der Waals surface area contributed by atoms with Gasteiger partial charge in [0.15, 0.2) is 0 Å². The zero-order valence-electron chi connectivity index (χ0n) is 13.5. The second-order valence-electron chi connectivity index (χ2n) is 6.05. The third-order valence-electron chi connectivity index (χ3n) is 4.25. The second-order valence-corrected chi connectivity index (χ2v) is 6.05. The fourth-order valence-electron chi connectivity index (χ4n) is 2.99. The zero-order valence-corrected chi connectivity index (χ0v) is 13.5. The van der Waals surface area contributed by atoms with Crippen molar-refractivity contribution in [2.75, 3.05) is 6.54 Å². The second kappa shape index (κ2) is 6.84. The van der Waals surface area contributed by atoms with Gasteiger partial charge in [-0.1, -0.05) is 30.3 Å². The first kappa shape index (κ1) is 14.9. The first-order valence-electron chi connectivity index (χ1n) is 8.20. The van der Waals surface area contributed by atoms with Gasteiger partial charge in [0.1, 0.15) is 18.2 Å². The lowest BCUT2D eigenvalue weighted by Crippen LogP contribution is -2.33. The van der Waals surface area contributed by atoms with Crippen molar-refractivity contribution < 1.29 is 4.74 Å². The summed E-state index contributed by atoms with van der Waals surface area (Å²) >= 11 is 0. The molecular weight excluding hydrogens is 300 g/mol. The monoisotopic (exact) mass is 320 g/mol. The van der Waals surface area contributed by atoms with Crippen LogP contribution in [0.3, 0.4) is 0 Å². The van der Waals surface area contributed by atoms with E-state index in [-0.39, 0.29) is 0 Å². The number of rotatable bonds is 5. The van der Waals surface area contributed by atoms with Crippen molar-refractivity contribution in [2.45, 2.75) is 26.2 Å². The molecule has 0 N–H and O–H groups in total. The molecule has 2 aromatic heterocycles. The van der Waals surface area contributed by atoms with E-state index in [0.29, 0.717) is 6.61 Å². The molecular formula is C19H20N4O. The summed E-state index contributed by atoms with van der Waals surface area (Å²) in [7, 11) is 0. The molecule has 0 amide bonds. The number of aromatic nitrogens is 3. The minimum Gasteiger partial charge on any atom is -0.487 e. The number of hydrogen-bond donors (Lipinski definition) is 0. The highest BCUT2D eigenvalue weighted by molar-refractivity contribution is 5.24. The summed E-state index contributed by atoms with van der Waals surface area (Å²) < 4.78 is 8.08. The summed E-state index contributed by atoms with van der Waals surface area (Å²) in [6, 6.07) is 12.3. The van der Waals surface area contributed by atoms with Crippen molar-refractivity contribution in [3.8, 4) is 5.75 Å². The largest absolute Gasteiger partial charge is 0.487 e. The van der Waals surface area contributed by atoms with Crippen LogP contribution < -0.4 is 4.74 Å². The quantitative estimate of drug-likeness (QED) is 0.725. The molecule has 24 heavy (non-hydrogen) atoms. The SMILES string of the molecule is c1ccc(COc2cncc(CN3CCn4ccnc4C3)c2)cc1. The molecule has 0 atom stereocenters. The van der Waals surface area contributed by atoms with Crippen LogP contribution in [0.2, 0.25) is 0 Å². The molecule has 0 bridgehead atoms. The average Bonchev–Trinajstić information content (AvgIpc) is 3.09. The van der Waals surface area contributed by atoms with Crippen molar-refractivity contribution in [2.24, 2.45) is 0 Å². The molecule has 0 aliphatic carbocycles. The number of imidazole rings is 1. The van der Waals surface area contributed by atoms with Gasteiger partial charge in [-0.25, -0.2) is 4.98 Å². The van der Waals surface area contributed by atoms with Gasteiger partial charge in [0.25, 0.3) is 0 Å². The summed E-state index contributed by atoms with van der Waals surface area (Å²) in [5.41, 5.74) is 2.33. The zero-order chi connectivity index (χ0) is 16.2. The molecule has 122 valence electrons. The highest BCUT2D eigenvalue weighted by Gasteiger charge is 2.16. The predicted octanol–water partition coefficient (Wildman–Crippen LogP) is 2.87. The Morgan fingerprint density at radius 1 is 1.04 bits per heavy atom. The van der Waals surface area contributed by atoms with E-state index in [2.05, 4.69) is 37.6 Å². The molecule has 0 unspecified atom stereocenters. The first-order chi connectivity index (χ1) is 11.9. The third-order valence-corrected chi connectivity index (χ3v) is 4.25. The Morgan fingerprint density at radius 2 is 1.96 bits per heavy atom. The summed E-state index contributed by atoms with van der Waals surface area (Å²) in [5, 5.41) is 0. The smallest absolute Gasteiger partial charge is 0.138 e. The number of nitrogens with zero attached hydrogens (tertiary/aromatic N) is 4. The van der Waals surface area contributed by atoms with Gasteiger partial charge in [-0.15, -0.1) is 0 Å². The number of pyridine rings is 1. The van der Waals surface area contributed by atoms with Crippen LogP contribution in [0.1, 0.15) is 17.0 Å². The van der Waals surface area contributed by atoms with Crippen LogP contribution in [0, 0.1) is 0 Å². The van der Waals surface area contributed by atoms with E-state index in [1.54, 1.807) is 6.20 Å². The van der Waals surface area contributed by atoms with Crippen molar-refractivity contribution in [1.29, 1.82) is 0 Å². The molecule has 0 fully saturated rings. The van der Waals surface area contributed by atoms with Crippen molar-refractivity contribution in [1.82, 2.24) is 19.4 Å². The van der Waals surface area contributed by atoms with E-state index < -0.39 is 0 Å². The molecule has 1 aliphatic heterocycles. The highest BCUT2D eigenvalue weighted by Crippen LogP contribution is 2.17. The minimum atomic E-state index is 0.563. The van der Waals surface area contributed by atoms with Crippen molar-refractivity contribution in [3.63, 3.8) is 0 Å². The van der Waals surface area contributed by atoms with E-state index >= 15 is 0 Å². The first-order valence-corrected chi connectivity index (χ1v) is 8.20. The topological polar surface area (TPSA) is 43.2 Å². The molecule has 0 saturated carbocycles. The number of ether oxygens (including phenoxy) is 1. The van der Waals surface area contributed by atoms with Gasteiger partial charge in [0.05, 0.1) is 12.7 Å². The fraction of sp³-hybridized carbons (Fsp3) is 0.263. The van der Waals surface area contributed by atoms with E-state index in [9.17, 15) is 0 Å². The summed E-state index contributed by atoms with van der Waals surface area (Å²) in [6.45, 7) is 4.32. The molecule has 0 spiro atoms. The van der Waals surface area contributed by atoms with Gasteiger partial charge in [-0.05, 0) is 17.2 Å². The summed E-state index contributed by atoms with van der Waals surface area (Å²) in [4.78, 5) is 11.1. The van der Waals surface area contributed by atoms with Gasteiger partial charge in [-0.3, -0.25) is 9.88 Å². The molecule has 5 heteroatoms. The molecule has 0 radical (unpaired) electrons. The molecule has 5 nitrogen and oxygen atoms in total. The number of benzene rings is 1. The van der Waals surface area contributed by atoms with Crippen LogP contribution in [-0.4, -0.2) is 26.0 Å². The maximum atomic E-state index is 5.87. The van der Waals surface area contributed by atoms with Gasteiger partial charge in [0, 0.05) is 38.2 Å². The molecule has 3 aromatic rings. The van der Waals surface area contributed by atoms with Crippen LogP contribution in [0.4, 0.5) is 0 Å². The van der Waals surface area contributed by atoms with Crippen molar-refractivity contribution in [3.05, 3.63) is 78.1 Å². The summed E-state index contributed by atoms with van der Waals surface area (Å²) in [5.74, 6) is 1.94. The van der Waals surface area contributed by atoms with Crippen LogP contribution >= 0.6 is 0 Å². The Labute approximate surface area is 141 Å². The molecule has 1 aliphatic rings. The predicted molar refractivity (Wildman–Crippen MR) is 91.4 cm³/mol. The maximum Gasteiger partial charge on any atom is 0.138 e. The molecule has 0 saturated heterocycles. The maximum absolute atomic E-state index is 5.87. The lowest BCUT2D eigenvalue weighted by atomic mass is 10.2. The Balaban J connectivity index is 1.38. The van der Waals surface area contributed by atoms with Crippen LogP contribution in [-0.2, 0) is 26.2 Å². The van der Waals surface area contributed by atoms with E-state index in [1.165, 1.54) is 5.56 Å². The van der Waals surface area contributed by atoms with Crippen LogP contribution in [0.15, 0.2) is 61.2 Å². The van der Waals surface area contributed by atoms with Gasteiger partial charge < -0.3 is 9.30 Å². The Morgan fingerprint density at radius 3 is 2.88 bits per heavy atom. The van der Waals surface area contributed by atoms with Gasteiger partial charge in [0.2, 0.25) is 0 Å². The van der Waals surface area contributed by atoms with E-state index in [1.807, 2.05) is 36.8 Å².